The van der Waals surface area contributed by atoms with Crippen molar-refractivity contribution in [2.75, 3.05) is 18.0 Å². The van der Waals surface area contributed by atoms with Crippen LogP contribution in [0, 0.1) is 11.2 Å². The van der Waals surface area contributed by atoms with Crippen molar-refractivity contribution >= 4 is 11.8 Å². The minimum Gasteiger partial charge on any atom is -0.444 e. The number of hydrogen-bond acceptors (Lipinski definition) is 3. The van der Waals surface area contributed by atoms with E-state index in [-0.39, 0.29) is 29.4 Å². The second-order valence-electron chi connectivity index (χ2n) is 11.5. The van der Waals surface area contributed by atoms with Crippen molar-refractivity contribution in [2.24, 2.45) is 5.41 Å². The minimum absolute atomic E-state index is 0.0133. The number of amides is 1. The van der Waals surface area contributed by atoms with Crippen molar-refractivity contribution in [3.8, 4) is 0 Å². The van der Waals surface area contributed by atoms with Crippen molar-refractivity contribution in [3.05, 3.63) is 65.5 Å². The summed E-state index contributed by atoms with van der Waals surface area (Å²) >= 11 is 0. The molecule has 0 aliphatic carbocycles. The molecule has 1 heterocycles. The van der Waals surface area contributed by atoms with Crippen LogP contribution in [0.5, 0.6) is 0 Å². The van der Waals surface area contributed by atoms with Crippen LogP contribution in [0.3, 0.4) is 0 Å². The van der Waals surface area contributed by atoms with Gasteiger partial charge >= 0.3 is 12.3 Å². The van der Waals surface area contributed by atoms with Gasteiger partial charge in [-0.05, 0) is 81.0 Å². The third-order valence-corrected chi connectivity index (χ3v) is 6.29. The molecule has 0 spiro atoms. The highest BCUT2D eigenvalue weighted by molar-refractivity contribution is 5.68. The quantitative estimate of drug-likeness (QED) is 0.395. The number of carbonyl (C=O) groups excluding carboxylic acids is 1. The summed E-state index contributed by atoms with van der Waals surface area (Å²) in [7, 11) is 0. The third-order valence-electron chi connectivity index (χ3n) is 6.29. The predicted octanol–water partition coefficient (Wildman–Crippen LogP) is 7.84. The maximum Gasteiger partial charge on any atom is 0.416 e. The molecule has 0 N–H and O–H groups in total. The Labute approximate surface area is 211 Å². The number of ether oxygens (including phenoxy) is 1. The molecule has 4 nitrogen and oxygen atoms in total. The lowest BCUT2D eigenvalue weighted by Gasteiger charge is -2.48. The minimum atomic E-state index is -4.42. The molecule has 1 aliphatic heterocycles. The van der Waals surface area contributed by atoms with E-state index in [9.17, 15) is 22.4 Å². The van der Waals surface area contributed by atoms with Gasteiger partial charge in [0.1, 0.15) is 11.4 Å². The second kappa shape index (κ2) is 10.3. The fourth-order valence-corrected chi connectivity index (χ4v) is 4.77. The number of carbonyl (C=O) groups is 1. The summed E-state index contributed by atoms with van der Waals surface area (Å²) in [6.45, 7) is 12.6. The zero-order valence-electron chi connectivity index (χ0n) is 21.8. The molecule has 36 heavy (non-hydrogen) atoms. The molecule has 2 aromatic carbocycles. The average molecular weight is 509 g/mol. The van der Waals surface area contributed by atoms with Crippen molar-refractivity contribution in [2.45, 2.75) is 78.2 Å². The highest BCUT2D eigenvalue weighted by Gasteiger charge is 2.39. The Hall–Kier alpha value is -2.77. The van der Waals surface area contributed by atoms with Gasteiger partial charge in [0.15, 0.2) is 0 Å². The molecule has 0 saturated carbocycles. The maximum absolute atomic E-state index is 13.8. The topological polar surface area (TPSA) is 32.8 Å². The number of nitrogens with zero attached hydrogens (tertiary/aromatic N) is 2. The number of alkyl halides is 3. The van der Waals surface area contributed by atoms with Gasteiger partial charge in [-0.15, -0.1) is 0 Å². The van der Waals surface area contributed by atoms with E-state index in [1.165, 1.54) is 24.3 Å². The molecule has 2 aromatic rings. The Morgan fingerprint density at radius 2 is 1.44 bits per heavy atom. The summed E-state index contributed by atoms with van der Waals surface area (Å²) < 4.78 is 59.0. The van der Waals surface area contributed by atoms with E-state index in [4.69, 9.17) is 4.74 Å². The molecule has 0 bridgehead atoms. The lowest BCUT2D eigenvalue weighted by atomic mass is 9.79. The molecule has 1 unspecified atom stereocenters. The lowest BCUT2D eigenvalue weighted by molar-refractivity contribution is -0.137. The van der Waals surface area contributed by atoms with E-state index in [0.717, 1.165) is 23.4 Å². The SMILES string of the molecule is CC(C)(C)OC(=O)N1CCC(N(c2ccc(F)cc2)C(c2ccc(C(F)(F)F)cc2)C(C)(C)C)CC1. The monoisotopic (exact) mass is 508 g/mol. The van der Waals surface area contributed by atoms with E-state index in [2.05, 4.69) is 4.90 Å². The summed E-state index contributed by atoms with van der Waals surface area (Å²) in [5.41, 5.74) is -0.121. The van der Waals surface area contributed by atoms with E-state index in [1.54, 1.807) is 17.0 Å². The van der Waals surface area contributed by atoms with Gasteiger partial charge in [-0.25, -0.2) is 9.18 Å². The van der Waals surface area contributed by atoms with Crippen LogP contribution < -0.4 is 4.90 Å². The first-order valence-electron chi connectivity index (χ1n) is 12.3. The van der Waals surface area contributed by atoms with Crippen LogP contribution in [0.2, 0.25) is 0 Å². The first kappa shape index (κ1) is 27.8. The molecule has 1 amide bonds. The third kappa shape index (κ3) is 6.92. The van der Waals surface area contributed by atoms with Crippen molar-refractivity contribution in [1.29, 1.82) is 0 Å². The van der Waals surface area contributed by atoms with Crippen LogP contribution >= 0.6 is 0 Å². The molecule has 1 atom stereocenters. The molecule has 3 rings (SSSR count). The van der Waals surface area contributed by atoms with Gasteiger partial charge in [-0.2, -0.15) is 13.2 Å². The van der Waals surface area contributed by atoms with E-state index in [0.29, 0.717) is 25.9 Å². The molecule has 1 aliphatic rings. The second-order valence-corrected chi connectivity index (χ2v) is 11.5. The number of rotatable bonds is 4. The molecule has 198 valence electrons. The first-order valence-corrected chi connectivity index (χ1v) is 12.3. The smallest absolute Gasteiger partial charge is 0.416 e. The number of halogens is 4. The van der Waals surface area contributed by atoms with E-state index >= 15 is 0 Å². The molecule has 1 fully saturated rings. The van der Waals surface area contributed by atoms with Gasteiger partial charge in [0.2, 0.25) is 0 Å². The van der Waals surface area contributed by atoms with Gasteiger partial charge in [0.25, 0.3) is 0 Å². The normalized spacial score (nSPS) is 16.6. The van der Waals surface area contributed by atoms with Gasteiger partial charge in [-0.1, -0.05) is 32.9 Å². The molecular formula is C28H36F4N2O2. The Bertz CT molecular complexity index is 1010. The van der Waals surface area contributed by atoms with E-state index < -0.39 is 17.3 Å². The molecule has 0 radical (unpaired) electrons. The van der Waals surface area contributed by atoms with E-state index in [1.807, 2.05) is 41.5 Å². The van der Waals surface area contributed by atoms with Crippen molar-refractivity contribution in [1.82, 2.24) is 4.90 Å². The Balaban J connectivity index is 1.96. The Morgan fingerprint density at radius 3 is 1.89 bits per heavy atom. The zero-order chi connectivity index (χ0) is 26.9. The predicted molar refractivity (Wildman–Crippen MR) is 133 cm³/mol. The Morgan fingerprint density at radius 1 is 0.917 bits per heavy atom. The molecule has 8 heteroatoms. The first-order chi connectivity index (χ1) is 16.6. The van der Waals surface area contributed by atoms with Crippen LogP contribution in [-0.2, 0) is 10.9 Å². The van der Waals surface area contributed by atoms with Gasteiger partial charge in [-0.3, -0.25) is 0 Å². The fraction of sp³-hybridized carbons (Fsp3) is 0.536. The average Bonchev–Trinajstić information content (AvgIpc) is 2.76. The largest absolute Gasteiger partial charge is 0.444 e. The van der Waals surface area contributed by atoms with Crippen LogP contribution in [0.15, 0.2) is 48.5 Å². The van der Waals surface area contributed by atoms with Gasteiger partial charge in [0.05, 0.1) is 11.6 Å². The van der Waals surface area contributed by atoms with Gasteiger partial charge < -0.3 is 14.5 Å². The molecule has 0 aromatic heterocycles. The number of hydrogen-bond donors (Lipinski definition) is 0. The summed E-state index contributed by atoms with van der Waals surface area (Å²) in [6, 6.07) is 11.2. The Kier molecular flexibility index (Phi) is 7.96. The zero-order valence-corrected chi connectivity index (χ0v) is 21.8. The van der Waals surface area contributed by atoms with Crippen LogP contribution in [0.1, 0.15) is 71.6 Å². The van der Waals surface area contributed by atoms with Crippen molar-refractivity contribution in [3.63, 3.8) is 0 Å². The lowest BCUT2D eigenvalue weighted by Crippen LogP contribution is -2.51. The summed E-state index contributed by atoms with van der Waals surface area (Å²) in [5.74, 6) is -0.361. The van der Waals surface area contributed by atoms with Crippen LogP contribution in [0.25, 0.3) is 0 Å². The van der Waals surface area contributed by atoms with Crippen LogP contribution in [0.4, 0.5) is 28.0 Å². The molecular weight excluding hydrogens is 472 g/mol. The van der Waals surface area contributed by atoms with Gasteiger partial charge in [0, 0.05) is 24.8 Å². The van der Waals surface area contributed by atoms with Crippen molar-refractivity contribution < 1.29 is 27.1 Å². The fourth-order valence-electron chi connectivity index (χ4n) is 4.77. The standard InChI is InChI=1S/C28H36F4N2O2/c1-26(2,3)24(19-7-9-20(10-8-19)28(30,31)32)34(22-13-11-21(29)12-14-22)23-15-17-33(18-16-23)25(35)36-27(4,5)6/h7-14,23-24H,15-18H2,1-6H3. The number of anilines is 1. The summed E-state index contributed by atoms with van der Waals surface area (Å²) in [4.78, 5) is 16.5. The highest BCUT2D eigenvalue weighted by Crippen LogP contribution is 2.44. The molecule has 1 saturated heterocycles. The summed E-state index contributed by atoms with van der Waals surface area (Å²) in [5, 5.41) is 0. The highest BCUT2D eigenvalue weighted by atomic mass is 19.4. The summed E-state index contributed by atoms with van der Waals surface area (Å²) in [6.07, 6.45) is -3.49. The maximum atomic E-state index is 13.8. The number of piperidine rings is 1. The number of likely N-dealkylation sites (tertiary alicyclic amines) is 1. The van der Waals surface area contributed by atoms with Crippen LogP contribution in [-0.4, -0.2) is 35.7 Å². The number of benzene rings is 2.